The van der Waals surface area contributed by atoms with E-state index in [9.17, 15) is 9.59 Å². The highest BCUT2D eigenvalue weighted by atomic mass is 32.1. The number of thiophene rings is 1. The minimum absolute atomic E-state index is 0.0398. The standard InChI is InChI=1S/C28H39N3O2S/c1-3-5-18-30(4-2)19-11-17-29-27(32)25-22-14-8-9-15-23(22)28(33)31(21-12-6-7-13-21)26(25)24-16-10-20-34-24/h8-10,14-16,20-21,25-26H,3-7,11-13,17-19H2,1-2H3,(H,29,32)/t25-,26-/m1/s1. The second-order valence-corrected chi connectivity index (χ2v) is 10.6. The van der Waals surface area contributed by atoms with Crippen LogP contribution >= 0.6 is 11.3 Å². The first kappa shape index (κ1) is 24.9. The molecule has 2 atom stereocenters. The molecule has 2 aromatic rings. The zero-order chi connectivity index (χ0) is 23.9. The summed E-state index contributed by atoms with van der Waals surface area (Å²) >= 11 is 1.65. The molecule has 184 valence electrons. The summed E-state index contributed by atoms with van der Waals surface area (Å²) in [5.74, 6) is -0.257. The second-order valence-electron chi connectivity index (χ2n) is 9.61. The zero-order valence-electron chi connectivity index (χ0n) is 20.7. The maximum Gasteiger partial charge on any atom is 0.254 e. The van der Waals surface area contributed by atoms with Crippen LogP contribution < -0.4 is 5.32 Å². The summed E-state index contributed by atoms with van der Waals surface area (Å²) in [4.78, 5) is 33.1. The van der Waals surface area contributed by atoms with Gasteiger partial charge in [-0.05, 0) is 68.4 Å². The molecule has 1 aromatic heterocycles. The number of nitrogens with zero attached hydrogens (tertiary/aromatic N) is 2. The predicted molar refractivity (Wildman–Crippen MR) is 139 cm³/mol. The van der Waals surface area contributed by atoms with Crippen molar-refractivity contribution < 1.29 is 9.59 Å². The molecule has 0 radical (unpaired) electrons. The minimum Gasteiger partial charge on any atom is -0.355 e. The molecular weight excluding hydrogens is 442 g/mol. The lowest BCUT2D eigenvalue weighted by Gasteiger charge is -2.44. The SMILES string of the molecule is CCCCN(CC)CCCNC(=O)[C@@H]1c2ccccc2C(=O)N(C2CCCC2)[C@@H]1c1cccs1. The summed E-state index contributed by atoms with van der Waals surface area (Å²) in [5.41, 5.74) is 1.56. The topological polar surface area (TPSA) is 52.7 Å². The van der Waals surface area contributed by atoms with Crippen LogP contribution in [0.2, 0.25) is 0 Å². The molecule has 0 spiro atoms. The van der Waals surface area contributed by atoms with E-state index in [0.717, 1.165) is 62.2 Å². The van der Waals surface area contributed by atoms with E-state index < -0.39 is 0 Å². The van der Waals surface area contributed by atoms with Crippen LogP contribution in [-0.4, -0.2) is 53.8 Å². The molecule has 1 fully saturated rings. The third-order valence-corrected chi connectivity index (χ3v) is 8.38. The van der Waals surface area contributed by atoms with E-state index in [4.69, 9.17) is 0 Å². The lowest BCUT2D eigenvalue weighted by atomic mass is 9.80. The summed E-state index contributed by atoms with van der Waals surface area (Å²) < 4.78 is 0. The van der Waals surface area contributed by atoms with Gasteiger partial charge in [0.2, 0.25) is 5.91 Å². The predicted octanol–water partition coefficient (Wildman–Crippen LogP) is 5.60. The van der Waals surface area contributed by atoms with E-state index in [2.05, 4.69) is 40.4 Å². The quantitative estimate of drug-likeness (QED) is 0.425. The molecule has 5 nitrogen and oxygen atoms in total. The van der Waals surface area contributed by atoms with Crippen molar-refractivity contribution in [2.45, 2.75) is 76.8 Å². The number of unbranched alkanes of at least 4 members (excludes halogenated alkanes) is 1. The Morgan fingerprint density at radius 2 is 1.85 bits per heavy atom. The summed E-state index contributed by atoms with van der Waals surface area (Å²) in [5, 5.41) is 5.30. The fraction of sp³-hybridized carbons (Fsp3) is 0.571. The van der Waals surface area contributed by atoms with Crippen molar-refractivity contribution in [1.82, 2.24) is 15.1 Å². The Kier molecular flexibility index (Phi) is 8.79. The van der Waals surface area contributed by atoms with Gasteiger partial charge in [0.1, 0.15) is 0 Å². The van der Waals surface area contributed by atoms with Gasteiger partial charge in [-0.3, -0.25) is 9.59 Å². The van der Waals surface area contributed by atoms with Gasteiger partial charge in [-0.15, -0.1) is 11.3 Å². The van der Waals surface area contributed by atoms with Crippen molar-refractivity contribution in [2.24, 2.45) is 0 Å². The summed E-state index contributed by atoms with van der Waals surface area (Å²) in [6, 6.07) is 11.8. The van der Waals surface area contributed by atoms with Crippen LogP contribution in [0.15, 0.2) is 41.8 Å². The van der Waals surface area contributed by atoms with Crippen molar-refractivity contribution in [2.75, 3.05) is 26.2 Å². The Morgan fingerprint density at radius 1 is 1.09 bits per heavy atom. The Labute approximate surface area is 208 Å². The van der Waals surface area contributed by atoms with Gasteiger partial charge in [0.15, 0.2) is 0 Å². The molecule has 1 aromatic carbocycles. The number of carbonyl (C=O) groups is 2. The van der Waals surface area contributed by atoms with Gasteiger partial charge in [0.05, 0.1) is 12.0 Å². The van der Waals surface area contributed by atoms with Crippen LogP contribution in [0, 0.1) is 0 Å². The molecule has 0 bridgehead atoms. The zero-order valence-corrected chi connectivity index (χ0v) is 21.5. The first-order valence-corrected chi connectivity index (χ1v) is 14.0. The first-order valence-electron chi connectivity index (χ1n) is 13.1. The third-order valence-electron chi connectivity index (χ3n) is 7.44. The highest BCUT2D eigenvalue weighted by molar-refractivity contribution is 7.10. The molecule has 1 aliphatic carbocycles. The number of nitrogens with one attached hydrogen (secondary N) is 1. The van der Waals surface area contributed by atoms with E-state index in [0.29, 0.717) is 12.1 Å². The average Bonchev–Trinajstić information content (AvgIpc) is 3.58. The largest absolute Gasteiger partial charge is 0.355 e. The van der Waals surface area contributed by atoms with E-state index in [1.165, 1.54) is 12.8 Å². The van der Waals surface area contributed by atoms with E-state index in [1.54, 1.807) is 11.3 Å². The molecule has 4 rings (SSSR count). The maximum absolute atomic E-state index is 13.8. The Morgan fingerprint density at radius 3 is 2.56 bits per heavy atom. The lowest BCUT2D eigenvalue weighted by Crippen LogP contribution is -2.50. The van der Waals surface area contributed by atoms with E-state index in [1.807, 2.05) is 30.3 Å². The molecule has 0 saturated heterocycles. The fourth-order valence-corrected chi connectivity index (χ4v) is 6.47. The van der Waals surface area contributed by atoms with Gasteiger partial charge >= 0.3 is 0 Å². The van der Waals surface area contributed by atoms with Crippen LogP contribution in [0.4, 0.5) is 0 Å². The normalized spacial score (nSPS) is 20.7. The number of amides is 2. The molecule has 6 heteroatoms. The Balaban J connectivity index is 1.56. The molecule has 2 amide bonds. The van der Waals surface area contributed by atoms with Gasteiger partial charge in [-0.1, -0.05) is 57.4 Å². The molecule has 1 aliphatic heterocycles. The van der Waals surface area contributed by atoms with Gasteiger partial charge in [0.25, 0.3) is 5.91 Å². The monoisotopic (exact) mass is 481 g/mol. The minimum atomic E-state index is -0.379. The highest BCUT2D eigenvalue weighted by Crippen LogP contribution is 2.47. The van der Waals surface area contributed by atoms with Crippen molar-refractivity contribution in [3.63, 3.8) is 0 Å². The van der Waals surface area contributed by atoms with Gasteiger partial charge in [-0.2, -0.15) is 0 Å². The number of carbonyl (C=O) groups excluding carboxylic acids is 2. The fourth-order valence-electron chi connectivity index (χ4n) is 5.61. The second kappa shape index (κ2) is 12.0. The maximum atomic E-state index is 13.8. The summed E-state index contributed by atoms with van der Waals surface area (Å²) in [7, 11) is 0. The highest BCUT2D eigenvalue weighted by Gasteiger charge is 2.47. The summed E-state index contributed by atoms with van der Waals surface area (Å²) in [6.45, 7) is 8.25. The van der Waals surface area contributed by atoms with Gasteiger partial charge in [-0.25, -0.2) is 0 Å². The summed E-state index contributed by atoms with van der Waals surface area (Å²) in [6.07, 6.45) is 7.70. The molecule has 1 N–H and O–H groups in total. The third kappa shape index (κ3) is 5.38. The number of benzene rings is 1. The van der Waals surface area contributed by atoms with Crippen molar-refractivity contribution in [3.8, 4) is 0 Å². The van der Waals surface area contributed by atoms with Crippen molar-refractivity contribution in [3.05, 3.63) is 57.8 Å². The van der Waals surface area contributed by atoms with Crippen LogP contribution in [0.25, 0.3) is 0 Å². The number of hydrogen-bond acceptors (Lipinski definition) is 4. The number of hydrogen-bond donors (Lipinski definition) is 1. The molecule has 2 aliphatic rings. The van der Waals surface area contributed by atoms with Crippen LogP contribution in [-0.2, 0) is 4.79 Å². The molecular formula is C28H39N3O2S. The van der Waals surface area contributed by atoms with Crippen molar-refractivity contribution in [1.29, 1.82) is 0 Å². The Bertz CT molecular complexity index is 939. The van der Waals surface area contributed by atoms with E-state index >= 15 is 0 Å². The van der Waals surface area contributed by atoms with Crippen LogP contribution in [0.5, 0.6) is 0 Å². The van der Waals surface area contributed by atoms with E-state index in [-0.39, 0.29) is 29.8 Å². The van der Waals surface area contributed by atoms with Gasteiger partial charge < -0.3 is 15.1 Å². The van der Waals surface area contributed by atoms with Crippen LogP contribution in [0.3, 0.4) is 0 Å². The average molecular weight is 482 g/mol. The smallest absolute Gasteiger partial charge is 0.254 e. The number of rotatable bonds is 11. The molecule has 0 unspecified atom stereocenters. The van der Waals surface area contributed by atoms with Crippen molar-refractivity contribution >= 4 is 23.2 Å². The lowest BCUT2D eigenvalue weighted by molar-refractivity contribution is -0.124. The Hall–Kier alpha value is -2.18. The molecule has 34 heavy (non-hydrogen) atoms. The molecule has 2 heterocycles. The number of fused-ring (bicyclic) bond motifs is 1. The molecule has 1 saturated carbocycles. The first-order chi connectivity index (χ1) is 16.7. The van der Waals surface area contributed by atoms with Gasteiger partial charge in [0, 0.05) is 23.0 Å². The van der Waals surface area contributed by atoms with Crippen LogP contribution in [0.1, 0.15) is 91.6 Å².